The molecule has 10 rings (SSSR count). The number of phenols is 1. The molecule has 1 spiro atoms. The molecule has 4 aliphatic rings. The second-order valence-electron chi connectivity index (χ2n) is 35.4. The van der Waals surface area contributed by atoms with E-state index in [9.17, 15) is 58.5 Å². The normalized spacial score (nSPS) is 24.7. The van der Waals surface area contributed by atoms with E-state index >= 15 is 38.4 Å². The van der Waals surface area contributed by atoms with Crippen LogP contribution >= 0.6 is 11.8 Å². The number of aromatic nitrogens is 4. The minimum atomic E-state index is -1.89. The lowest BCUT2D eigenvalue weighted by molar-refractivity contribution is -0.149. The summed E-state index contributed by atoms with van der Waals surface area (Å²) in [6.07, 6.45) is 3.66. The molecule has 3 aliphatic heterocycles. The predicted molar refractivity (Wildman–Crippen MR) is 498 cm³/mol. The summed E-state index contributed by atoms with van der Waals surface area (Å²) >= 11 is 0.764. The highest BCUT2D eigenvalue weighted by Gasteiger charge is 2.54. The van der Waals surface area contributed by atoms with Crippen LogP contribution in [0.15, 0.2) is 97.7 Å². The van der Waals surface area contributed by atoms with Gasteiger partial charge >= 0.3 is 0 Å². The zero-order valence-corrected chi connectivity index (χ0v) is 77.8. The number of carbonyl (C=O) groups excluding carboxylic acids is 17. The highest BCUT2D eigenvalue weighted by atomic mass is 32.2. The Hall–Kier alpha value is -13.7. The molecule has 1 unspecified atom stereocenters. The molecule has 6 heterocycles. The van der Waals surface area contributed by atoms with E-state index in [0.29, 0.717) is 64.2 Å². The molecule has 1 aliphatic carbocycles. The molecule has 44 nitrogen and oxygen atoms in total. The number of benzene rings is 3. The Morgan fingerprint density at radius 3 is 1.73 bits per heavy atom. The molecule has 3 saturated heterocycles. The zero-order chi connectivity index (χ0) is 98.8. The van der Waals surface area contributed by atoms with E-state index in [4.69, 9.17) is 22.6 Å². The smallest absolute Gasteiger partial charge is 0.246 e. The van der Waals surface area contributed by atoms with Gasteiger partial charge < -0.3 is 131 Å². The van der Waals surface area contributed by atoms with Crippen LogP contribution in [-0.4, -0.2) is 310 Å². The van der Waals surface area contributed by atoms with E-state index in [1.165, 1.54) is 50.9 Å². The van der Waals surface area contributed by atoms with E-state index in [1.807, 2.05) is 13.8 Å². The molecule has 3 aromatic heterocycles. The van der Waals surface area contributed by atoms with Crippen molar-refractivity contribution in [1.82, 2.24) is 103 Å². The maximum absolute atomic E-state index is 15.8. The molecular weight excluding hydrogens is 1780 g/mol. The number of guanidine groups is 1. The summed E-state index contributed by atoms with van der Waals surface area (Å²) in [4.78, 5) is 269. The van der Waals surface area contributed by atoms with Gasteiger partial charge in [0.15, 0.2) is 5.96 Å². The standard InChI is InChI=1S/C91H126N24O20S/c1-7-9-22-69-82(128)103-60(21-15-31-97-90(94)95)77(123)109-68(76(122)100-43-74(93)120)46-136-47-75(121)102-61(34-50-25-27-54(117)28-26-50)81(127)111-91(29-30-91)89(135)110-66(39-73(92)119)86(132)114-32-16-24-70(114)83(129)105-63(37-53-42-96-48-101-53)79(125)106-64(33-49(3)4)87(133)115-44-55(118)38-72(115)84(130)104-62(35-51-40-98-58-19-13-11-17-56(51)58)78(124)108-67(45-116)80(126)107-65(36-52-41-99-59-20-14-12-18-57(52)59)85(131)113(6)71(23-10-8-2)88(134)112(69)5/h11-14,17-20,25-28,40-42,48-49,55,60-72,98-99,116-118H,7-10,15-16,21-24,29-39,43-47H2,1-6H3,(H2,92,119)(H2,93,120)(H,96,101)(H,100,122)(H,102,121)(H,103,128)(H,104,130)(H,105,129)(H,106,125)(H,107,126)(H,108,124)(H,109,123)(H,110,135)(H,111,127)(H4,94,95,97)/t55-,60+,61+,62+,63+,64+,65+,66+,67+,68?,69+,70+,71+,72+/m1/s1. The number of nitrogens with zero attached hydrogens (tertiary/aromatic N) is 5. The average Bonchev–Trinajstić information content (AvgIpc) is 1.62. The van der Waals surface area contributed by atoms with Gasteiger partial charge in [0.25, 0.3) is 0 Å². The summed E-state index contributed by atoms with van der Waals surface area (Å²) < 4.78 is 0. The third kappa shape index (κ3) is 28.4. The number of hydrogen-bond donors (Lipinski definition) is 22. The number of aromatic amines is 3. The molecule has 25 N–H and O–H groups in total. The highest BCUT2D eigenvalue weighted by Crippen LogP contribution is 2.37. The summed E-state index contributed by atoms with van der Waals surface area (Å²) in [5.41, 5.74) is 17.9. The van der Waals surface area contributed by atoms with Crippen molar-refractivity contribution in [3.8, 4) is 5.75 Å². The quantitative estimate of drug-likeness (QED) is 0.0145. The summed E-state index contributed by atoms with van der Waals surface area (Å²) in [6.45, 7) is 4.74. The number of likely N-dealkylation sites (N-methyl/N-ethyl adjacent to an activating group) is 2. The number of hydrogen-bond acceptors (Lipinski definition) is 23. The van der Waals surface area contributed by atoms with Gasteiger partial charge in [0, 0.05) is 112 Å². The highest BCUT2D eigenvalue weighted by molar-refractivity contribution is 8.00. The molecule has 136 heavy (non-hydrogen) atoms. The fraction of sp³-hybridized carbons (Fsp3) is 0.527. The van der Waals surface area contributed by atoms with Crippen LogP contribution in [-0.2, 0) is 107 Å². The number of rotatable bonds is 26. The number of nitrogens with one attached hydrogen (secondary N) is 16. The van der Waals surface area contributed by atoms with Crippen molar-refractivity contribution >= 4 is 140 Å². The van der Waals surface area contributed by atoms with Crippen LogP contribution in [0, 0.1) is 11.3 Å². The van der Waals surface area contributed by atoms with Crippen molar-refractivity contribution in [3.05, 3.63) is 120 Å². The number of fused-ring (bicyclic) bond motifs is 4. The van der Waals surface area contributed by atoms with E-state index < -0.39 is 241 Å². The number of carbonyl (C=O) groups is 17. The number of primary amides is 2. The number of nitrogens with two attached hydrogens (primary N) is 3. The number of phenolic OH excluding ortho intramolecular Hbond substituents is 1. The van der Waals surface area contributed by atoms with Crippen molar-refractivity contribution in [2.75, 3.05) is 58.4 Å². The number of aromatic hydroxyl groups is 1. The molecule has 0 radical (unpaired) electrons. The van der Waals surface area contributed by atoms with Crippen LogP contribution in [0.1, 0.15) is 146 Å². The Balaban J connectivity index is 1.02. The molecule has 45 heteroatoms. The van der Waals surface area contributed by atoms with E-state index in [0.717, 1.165) is 31.4 Å². The van der Waals surface area contributed by atoms with Crippen LogP contribution in [0.3, 0.4) is 0 Å². The first-order valence-electron chi connectivity index (χ1n) is 45.7. The Labute approximate surface area is 788 Å². The molecule has 4 fully saturated rings. The molecule has 6 aromatic rings. The summed E-state index contributed by atoms with van der Waals surface area (Å²) in [5.74, 6) is -18.0. The fourth-order valence-corrected chi connectivity index (χ4v) is 17.9. The second kappa shape index (κ2) is 49.0. The monoisotopic (exact) mass is 1910 g/mol. The van der Waals surface area contributed by atoms with E-state index in [2.05, 4.69) is 83.7 Å². The van der Waals surface area contributed by atoms with Gasteiger partial charge in [0.1, 0.15) is 89.8 Å². The summed E-state index contributed by atoms with van der Waals surface area (Å²) in [6, 6.07) is -0.718. The summed E-state index contributed by atoms with van der Waals surface area (Å²) in [7, 11) is 2.69. The minimum absolute atomic E-state index is 0.0120. The van der Waals surface area contributed by atoms with Crippen molar-refractivity contribution in [1.29, 1.82) is 5.41 Å². The van der Waals surface area contributed by atoms with Gasteiger partial charge in [-0.05, 0) is 105 Å². The van der Waals surface area contributed by atoms with Crippen molar-refractivity contribution in [2.24, 2.45) is 23.1 Å². The third-order valence-electron chi connectivity index (χ3n) is 24.6. The number of aliphatic hydroxyl groups excluding tert-OH is 2. The van der Waals surface area contributed by atoms with Crippen molar-refractivity contribution < 1.29 is 96.8 Å². The van der Waals surface area contributed by atoms with E-state index in [-0.39, 0.29) is 114 Å². The second-order valence-corrected chi connectivity index (χ2v) is 36.4. The maximum Gasteiger partial charge on any atom is 0.246 e. The first kappa shape index (κ1) is 104. The number of imidazole rings is 1. The first-order chi connectivity index (χ1) is 64.9. The number of para-hydroxylation sites is 2. The number of amides is 17. The minimum Gasteiger partial charge on any atom is -0.508 e. The first-order valence-corrected chi connectivity index (χ1v) is 46.9. The topological polar surface area (TPSA) is 670 Å². The number of unbranched alkanes of at least 4 members (excludes halogenated alkanes) is 2. The Morgan fingerprint density at radius 2 is 1.13 bits per heavy atom. The molecule has 1 saturated carbocycles. The van der Waals surface area contributed by atoms with Crippen LogP contribution in [0.5, 0.6) is 5.75 Å². The van der Waals surface area contributed by atoms with Gasteiger partial charge in [0.2, 0.25) is 100 Å². The lowest BCUT2D eigenvalue weighted by Crippen LogP contribution is -2.62. The average molecular weight is 1910 g/mol. The molecule has 17 amide bonds. The summed E-state index contributed by atoms with van der Waals surface area (Å²) in [5, 5.41) is 73.9. The fourth-order valence-electron chi connectivity index (χ4n) is 17.0. The number of H-pyrrole nitrogens is 3. The Morgan fingerprint density at radius 1 is 0.574 bits per heavy atom. The largest absolute Gasteiger partial charge is 0.508 e. The zero-order valence-electron chi connectivity index (χ0n) is 76.9. The van der Waals surface area contributed by atoms with Gasteiger partial charge in [0.05, 0.1) is 43.5 Å². The Bertz CT molecular complexity index is 5300. The van der Waals surface area contributed by atoms with Crippen LogP contribution in [0.2, 0.25) is 0 Å². The lowest BCUT2D eigenvalue weighted by atomic mass is 10.00. The van der Waals surface area contributed by atoms with Gasteiger partial charge in [-0.25, -0.2) is 4.98 Å². The van der Waals surface area contributed by atoms with Gasteiger partial charge in [-0.1, -0.05) is 102 Å². The van der Waals surface area contributed by atoms with Crippen molar-refractivity contribution in [2.45, 2.75) is 240 Å². The van der Waals surface area contributed by atoms with Crippen LogP contribution in [0.4, 0.5) is 0 Å². The Kier molecular flexibility index (Phi) is 37.6. The number of thioether (sulfide) groups is 1. The molecular formula is C91H126N24O20S. The number of aliphatic hydroxyl groups is 2. The van der Waals surface area contributed by atoms with Gasteiger partial charge in [-0.3, -0.25) is 86.9 Å². The lowest BCUT2D eigenvalue weighted by Gasteiger charge is -2.36. The van der Waals surface area contributed by atoms with E-state index in [1.54, 1.807) is 74.8 Å². The molecule has 14 atom stereocenters. The molecule has 0 bridgehead atoms. The van der Waals surface area contributed by atoms with Gasteiger partial charge in [-0.15, -0.1) is 11.8 Å². The van der Waals surface area contributed by atoms with Gasteiger partial charge in [-0.2, -0.15) is 0 Å². The molecule has 736 valence electrons. The maximum atomic E-state index is 15.8. The van der Waals surface area contributed by atoms with Crippen LogP contribution < -0.4 is 81.0 Å². The third-order valence-corrected chi connectivity index (χ3v) is 25.6. The van der Waals surface area contributed by atoms with Crippen molar-refractivity contribution in [3.63, 3.8) is 0 Å². The molecule has 3 aromatic carbocycles. The van der Waals surface area contributed by atoms with Crippen LogP contribution in [0.25, 0.3) is 21.8 Å². The SMILES string of the molecule is CCCC[C@H]1C(=O)N(C)[C@@H](CCCC)C(=O)N[C@@H](CCCNC(=N)N)C(=O)NC(C(=O)NCC(N)=O)CSCC(=O)N[C@@H](Cc2ccc(O)cc2)C(=O)NC2(CC2)C(=O)N[C@@H](CC(N)=O)C(=O)N2CCC[C@H]2C(=O)N[C@@H](Cc2c[nH]cn2)C(=O)N[C@@H](CC(C)C)C(=O)N2C[C@H](O)C[C@H]2C(=O)N[C@@H](Cc2c[nH]c3ccccc23)C(=O)N[C@@H](CO)C(=O)N[C@@H](Cc2c[nH]c3ccccc23)C(=O)N1C. The predicted octanol–water partition coefficient (Wildman–Crippen LogP) is -3.13.